The maximum absolute atomic E-state index is 13.6. The molecule has 0 radical (unpaired) electrons. The molecule has 6 heteroatoms. The predicted molar refractivity (Wildman–Crippen MR) is 137 cm³/mol. The van der Waals surface area contributed by atoms with E-state index in [4.69, 9.17) is 0 Å². The van der Waals surface area contributed by atoms with E-state index in [0.717, 1.165) is 39.2 Å². The lowest BCUT2D eigenvalue weighted by Gasteiger charge is -2.18. The molecule has 4 aromatic rings. The number of nitrogens with zero attached hydrogens (tertiary/aromatic N) is 2. The molecule has 0 saturated carbocycles. The van der Waals surface area contributed by atoms with Crippen molar-refractivity contribution in [2.45, 2.75) is 54.0 Å². The molecule has 2 aromatic carbocycles. The van der Waals surface area contributed by atoms with Gasteiger partial charge in [-0.05, 0) is 68.9 Å². The Morgan fingerprint density at radius 2 is 1.85 bits per heavy atom. The van der Waals surface area contributed by atoms with Gasteiger partial charge in [0.05, 0.1) is 11.7 Å². The normalized spacial score (nSPS) is 12.2. The van der Waals surface area contributed by atoms with Gasteiger partial charge < -0.3 is 5.32 Å². The van der Waals surface area contributed by atoms with Crippen molar-refractivity contribution < 1.29 is 4.79 Å². The molecule has 0 aliphatic heterocycles. The monoisotopic (exact) mass is 459 g/mol. The largest absolute Gasteiger partial charge is 0.324 e. The number of thiophene rings is 1. The molecule has 1 amide bonds. The lowest BCUT2D eigenvalue weighted by atomic mass is 9.99. The smallest absolute Gasteiger partial charge is 0.263 e. The molecule has 1 unspecified atom stereocenters. The minimum Gasteiger partial charge on any atom is -0.324 e. The number of para-hydroxylation sites is 1. The number of aromatic nitrogens is 2. The third kappa shape index (κ3) is 4.11. The van der Waals surface area contributed by atoms with Gasteiger partial charge in [-0.15, -0.1) is 11.3 Å². The molecule has 5 nitrogen and oxygen atoms in total. The molecule has 0 aliphatic carbocycles. The van der Waals surface area contributed by atoms with Crippen LogP contribution in [0.4, 0.5) is 5.69 Å². The molecule has 2 aromatic heterocycles. The lowest BCUT2D eigenvalue weighted by molar-refractivity contribution is -0.118. The highest BCUT2D eigenvalue weighted by Gasteiger charge is 2.23. The van der Waals surface area contributed by atoms with E-state index in [9.17, 15) is 9.59 Å². The van der Waals surface area contributed by atoms with E-state index in [1.54, 1.807) is 6.92 Å². The molecular formula is C27H29N3O2S. The maximum atomic E-state index is 13.6. The van der Waals surface area contributed by atoms with Crippen molar-refractivity contribution in [3.8, 4) is 11.1 Å². The fraction of sp³-hybridized carbons (Fsp3) is 0.296. The standard InChI is InChI=1S/C27H29N3O2S/c1-7-20-10-8-9-16(3)24(20)29-25(31)18(5)30-14-28-26-23(27(30)32)22(19(6)33-26)21-12-11-15(2)17(4)13-21/h8-14,18H,7H2,1-6H3,(H,29,31). The van der Waals surface area contributed by atoms with Gasteiger partial charge in [0.25, 0.3) is 5.56 Å². The Hall–Kier alpha value is -3.25. The van der Waals surface area contributed by atoms with Gasteiger partial charge in [0.15, 0.2) is 0 Å². The quantitative estimate of drug-likeness (QED) is 0.391. The highest BCUT2D eigenvalue weighted by molar-refractivity contribution is 7.19. The average molecular weight is 460 g/mol. The van der Waals surface area contributed by atoms with Gasteiger partial charge >= 0.3 is 0 Å². The number of anilines is 1. The van der Waals surface area contributed by atoms with Crippen LogP contribution in [0.25, 0.3) is 21.3 Å². The topological polar surface area (TPSA) is 64.0 Å². The van der Waals surface area contributed by atoms with E-state index >= 15 is 0 Å². The summed E-state index contributed by atoms with van der Waals surface area (Å²) in [6.07, 6.45) is 2.31. The van der Waals surface area contributed by atoms with Crippen LogP contribution in [-0.4, -0.2) is 15.5 Å². The van der Waals surface area contributed by atoms with Crippen molar-refractivity contribution in [3.05, 3.63) is 80.2 Å². The molecule has 0 bridgehead atoms. The summed E-state index contributed by atoms with van der Waals surface area (Å²) < 4.78 is 1.44. The first-order valence-corrected chi connectivity index (χ1v) is 12.0. The molecule has 1 atom stereocenters. The zero-order valence-corrected chi connectivity index (χ0v) is 20.8. The number of hydrogen-bond acceptors (Lipinski definition) is 4. The van der Waals surface area contributed by atoms with E-state index < -0.39 is 6.04 Å². The molecule has 0 aliphatic rings. The Morgan fingerprint density at radius 1 is 1.09 bits per heavy atom. The second-order valence-electron chi connectivity index (χ2n) is 8.60. The van der Waals surface area contributed by atoms with E-state index in [1.165, 1.54) is 33.4 Å². The molecule has 2 heterocycles. The third-order valence-electron chi connectivity index (χ3n) is 6.39. The Bertz CT molecular complexity index is 1430. The van der Waals surface area contributed by atoms with E-state index in [-0.39, 0.29) is 11.5 Å². The SMILES string of the molecule is CCc1cccc(C)c1NC(=O)C(C)n1cnc2sc(C)c(-c3ccc(C)c(C)c3)c2c1=O. The molecule has 0 spiro atoms. The fourth-order valence-electron chi connectivity index (χ4n) is 4.19. The van der Waals surface area contributed by atoms with Gasteiger partial charge in [-0.3, -0.25) is 14.2 Å². The number of hydrogen-bond donors (Lipinski definition) is 1. The zero-order valence-electron chi connectivity index (χ0n) is 19.9. The number of carbonyl (C=O) groups is 1. The summed E-state index contributed by atoms with van der Waals surface area (Å²) >= 11 is 1.51. The van der Waals surface area contributed by atoms with Gasteiger partial charge in [-0.2, -0.15) is 0 Å². The van der Waals surface area contributed by atoms with Crippen LogP contribution < -0.4 is 10.9 Å². The summed E-state index contributed by atoms with van der Waals surface area (Å²) in [6.45, 7) is 11.9. The van der Waals surface area contributed by atoms with Crippen LogP contribution >= 0.6 is 11.3 Å². The number of aryl methyl sites for hydroxylation is 5. The van der Waals surface area contributed by atoms with Crippen LogP contribution in [0, 0.1) is 27.7 Å². The van der Waals surface area contributed by atoms with Crippen LogP contribution in [0.5, 0.6) is 0 Å². The van der Waals surface area contributed by atoms with Crippen molar-refractivity contribution in [2.24, 2.45) is 0 Å². The van der Waals surface area contributed by atoms with Crippen LogP contribution in [0.15, 0.2) is 47.5 Å². The second-order valence-corrected chi connectivity index (χ2v) is 9.80. The van der Waals surface area contributed by atoms with E-state index in [0.29, 0.717) is 10.2 Å². The van der Waals surface area contributed by atoms with Crippen molar-refractivity contribution >= 4 is 33.1 Å². The minimum absolute atomic E-state index is 0.194. The Morgan fingerprint density at radius 3 is 2.55 bits per heavy atom. The Kier molecular flexibility index (Phi) is 6.21. The summed E-state index contributed by atoms with van der Waals surface area (Å²) in [5.41, 5.74) is 6.99. The fourth-order valence-corrected chi connectivity index (χ4v) is 5.20. The zero-order chi connectivity index (χ0) is 23.9. The summed E-state index contributed by atoms with van der Waals surface area (Å²) in [5, 5.41) is 3.62. The highest BCUT2D eigenvalue weighted by Crippen LogP contribution is 2.36. The average Bonchev–Trinajstić information content (AvgIpc) is 3.13. The summed E-state index contributed by atoms with van der Waals surface area (Å²) in [6, 6.07) is 11.5. The highest BCUT2D eigenvalue weighted by atomic mass is 32.1. The van der Waals surface area contributed by atoms with Crippen molar-refractivity contribution in [1.29, 1.82) is 0 Å². The third-order valence-corrected chi connectivity index (χ3v) is 7.41. The first kappa shape index (κ1) is 22.9. The number of carbonyl (C=O) groups excluding carboxylic acids is 1. The van der Waals surface area contributed by atoms with E-state index in [2.05, 4.69) is 43.2 Å². The van der Waals surface area contributed by atoms with Crippen molar-refractivity contribution in [2.75, 3.05) is 5.32 Å². The van der Waals surface area contributed by atoms with Crippen LogP contribution in [0.1, 0.15) is 47.0 Å². The summed E-state index contributed by atoms with van der Waals surface area (Å²) in [4.78, 5) is 33.1. The molecule has 0 fully saturated rings. The lowest BCUT2D eigenvalue weighted by Crippen LogP contribution is -2.32. The number of rotatable bonds is 5. The second kappa shape index (κ2) is 8.94. The van der Waals surface area contributed by atoms with Crippen molar-refractivity contribution in [1.82, 2.24) is 9.55 Å². The summed E-state index contributed by atoms with van der Waals surface area (Å²) in [7, 11) is 0. The van der Waals surface area contributed by atoms with Crippen molar-refractivity contribution in [3.63, 3.8) is 0 Å². The van der Waals surface area contributed by atoms with Gasteiger partial charge in [-0.1, -0.05) is 43.3 Å². The predicted octanol–water partition coefficient (Wildman–Crippen LogP) is 6.12. The number of amides is 1. The van der Waals surface area contributed by atoms with Gasteiger partial charge in [-0.25, -0.2) is 4.98 Å². The minimum atomic E-state index is -0.702. The van der Waals surface area contributed by atoms with E-state index in [1.807, 2.05) is 38.1 Å². The summed E-state index contributed by atoms with van der Waals surface area (Å²) in [5.74, 6) is -0.234. The maximum Gasteiger partial charge on any atom is 0.263 e. The number of benzene rings is 2. The molecule has 0 saturated heterocycles. The molecule has 33 heavy (non-hydrogen) atoms. The molecular weight excluding hydrogens is 430 g/mol. The van der Waals surface area contributed by atoms with Crippen LogP contribution in [0.3, 0.4) is 0 Å². The number of fused-ring (bicyclic) bond motifs is 1. The van der Waals surface area contributed by atoms with Crippen LogP contribution in [0.2, 0.25) is 0 Å². The van der Waals surface area contributed by atoms with Gasteiger partial charge in [0.2, 0.25) is 5.91 Å². The first-order valence-electron chi connectivity index (χ1n) is 11.2. The first-order chi connectivity index (χ1) is 15.7. The molecule has 170 valence electrons. The van der Waals surface area contributed by atoms with Crippen LogP contribution in [-0.2, 0) is 11.2 Å². The Labute approximate surface area is 198 Å². The number of nitrogens with one attached hydrogen (secondary N) is 1. The van der Waals surface area contributed by atoms with Gasteiger partial charge in [0, 0.05) is 16.1 Å². The molecule has 1 N–H and O–H groups in total. The molecule has 4 rings (SSSR count). The van der Waals surface area contributed by atoms with Gasteiger partial charge in [0.1, 0.15) is 10.9 Å². The Balaban J connectivity index is 1.78.